The number of thiazole rings is 1. The van der Waals surface area contributed by atoms with Gasteiger partial charge >= 0.3 is 0 Å². The number of hydrogen-bond donors (Lipinski definition) is 2. The Morgan fingerprint density at radius 1 is 1.48 bits per heavy atom. The molecule has 1 unspecified atom stereocenters. The second kappa shape index (κ2) is 6.51. The molecule has 5 nitrogen and oxygen atoms in total. The Labute approximate surface area is 127 Å². The Hall–Kier alpha value is -1.50. The molecule has 2 heterocycles. The number of anilines is 1. The summed E-state index contributed by atoms with van der Waals surface area (Å²) in [6, 6.07) is 7.86. The largest absolute Gasteiger partial charge is 0.396 e. The van der Waals surface area contributed by atoms with E-state index in [9.17, 15) is 4.79 Å². The molecule has 1 aromatic carbocycles. The smallest absolute Gasteiger partial charge is 0.240 e. The van der Waals surface area contributed by atoms with Crippen LogP contribution in [0.3, 0.4) is 0 Å². The average Bonchev–Trinajstić information content (AvgIpc) is 3.05. The van der Waals surface area contributed by atoms with Crippen molar-refractivity contribution in [2.45, 2.75) is 12.8 Å². The zero-order valence-electron chi connectivity index (χ0n) is 11.8. The molecule has 1 atom stereocenters. The maximum atomic E-state index is 12.1. The summed E-state index contributed by atoms with van der Waals surface area (Å²) >= 11 is 1.50. The Balaban J connectivity index is 1.54. The summed E-state index contributed by atoms with van der Waals surface area (Å²) in [4.78, 5) is 18.6. The van der Waals surface area contributed by atoms with E-state index in [1.54, 1.807) is 0 Å². The quantitative estimate of drug-likeness (QED) is 0.886. The fraction of sp³-hybridized carbons (Fsp3) is 0.467. The highest BCUT2D eigenvalue weighted by Gasteiger charge is 2.23. The predicted octanol–water partition coefficient (Wildman–Crippen LogP) is 1.94. The standard InChI is InChI=1S/C15H19N3O2S/c19-8-6-11-5-7-18(9-11)10-14(20)17-15-16-12-3-1-2-4-13(12)21-15/h1-4,11,19H,5-10H2,(H,16,17,20). The lowest BCUT2D eigenvalue weighted by molar-refractivity contribution is -0.117. The molecule has 0 aliphatic carbocycles. The fourth-order valence-electron chi connectivity index (χ4n) is 2.76. The van der Waals surface area contributed by atoms with Crippen molar-refractivity contribution in [3.8, 4) is 0 Å². The van der Waals surface area contributed by atoms with Gasteiger partial charge in [0.25, 0.3) is 0 Å². The number of benzene rings is 1. The number of aliphatic hydroxyl groups excluding tert-OH is 1. The number of hydrogen-bond acceptors (Lipinski definition) is 5. The van der Waals surface area contributed by atoms with E-state index >= 15 is 0 Å². The van der Waals surface area contributed by atoms with Crippen molar-refractivity contribution < 1.29 is 9.90 Å². The molecule has 0 saturated carbocycles. The number of rotatable bonds is 5. The fourth-order valence-corrected chi connectivity index (χ4v) is 3.64. The molecule has 1 aliphatic rings. The van der Waals surface area contributed by atoms with Crippen LogP contribution >= 0.6 is 11.3 Å². The summed E-state index contributed by atoms with van der Waals surface area (Å²) in [5, 5.41) is 12.5. The highest BCUT2D eigenvalue weighted by atomic mass is 32.1. The van der Waals surface area contributed by atoms with Gasteiger partial charge in [-0.2, -0.15) is 0 Å². The number of carbonyl (C=O) groups excluding carboxylic acids is 1. The molecule has 2 aromatic rings. The molecule has 112 valence electrons. The van der Waals surface area contributed by atoms with Gasteiger partial charge in [0, 0.05) is 13.2 Å². The van der Waals surface area contributed by atoms with Crippen molar-refractivity contribution in [2.75, 3.05) is 31.6 Å². The molecule has 21 heavy (non-hydrogen) atoms. The molecule has 1 aromatic heterocycles. The number of aliphatic hydroxyl groups is 1. The van der Waals surface area contributed by atoms with Gasteiger partial charge in [-0.05, 0) is 37.4 Å². The van der Waals surface area contributed by atoms with Crippen LogP contribution in [0.5, 0.6) is 0 Å². The first kappa shape index (κ1) is 14.4. The van der Waals surface area contributed by atoms with Crippen LogP contribution in [-0.4, -0.2) is 47.1 Å². The molecule has 6 heteroatoms. The van der Waals surface area contributed by atoms with E-state index in [0.29, 0.717) is 17.6 Å². The van der Waals surface area contributed by atoms with Crippen LogP contribution in [0.4, 0.5) is 5.13 Å². The van der Waals surface area contributed by atoms with E-state index < -0.39 is 0 Å². The molecular formula is C15H19N3O2S. The van der Waals surface area contributed by atoms with E-state index in [-0.39, 0.29) is 12.5 Å². The van der Waals surface area contributed by atoms with Gasteiger partial charge in [-0.25, -0.2) is 4.98 Å². The summed E-state index contributed by atoms with van der Waals surface area (Å²) in [6.07, 6.45) is 1.89. The third kappa shape index (κ3) is 3.58. The molecule has 0 spiro atoms. The normalized spacial score (nSPS) is 19.2. The van der Waals surface area contributed by atoms with Crippen LogP contribution in [0.25, 0.3) is 10.2 Å². The number of fused-ring (bicyclic) bond motifs is 1. The minimum Gasteiger partial charge on any atom is -0.396 e. The lowest BCUT2D eigenvalue weighted by atomic mass is 10.1. The summed E-state index contributed by atoms with van der Waals surface area (Å²) < 4.78 is 1.08. The van der Waals surface area contributed by atoms with Crippen LogP contribution < -0.4 is 5.32 Å². The number of aromatic nitrogens is 1. The zero-order valence-corrected chi connectivity index (χ0v) is 12.6. The van der Waals surface area contributed by atoms with Crippen LogP contribution in [0.15, 0.2) is 24.3 Å². The molecule has 2 N–H and O–H groups in total. The highest BCUT2D eigenvalue weighted by molar-refractivity contribution is 7.22. The highest BCUT2D eigenvalue weighted by Crippen LogP contribution is 2.25. The summed E-state index contributed by atoms with van der Waals surface area (Å²) in [7, 11) is 0. The van der Waals surface area contributed by atoms with Crippen molar-refractivity contribution in [2.24, 2.45) is 5.92 Å². The van der Waals surface area contributed by atoms with E-state index in [1.807, 2.05) is 24.3 Å². The molecule has 0 radical (unpaired) electrons. The van der Waals surface area contributed by atoms with Crippen molar-refractivity contribution in [3.05, 3.63) is 24.3 Å². The number of carbonyl (C=O) groups is 1. The molecule has 1 saturated heterocycles. The van der Waals surface area contributed by atoms with Crippen LogP contribution in [-0.2, 0) is 4.79 Å². The average molecular weight is 305 g/mol. The van der Waals surface area contributed by atoms with Crippen LogP contribution in [0, 0.1) is 5.92 Å². The van der Waals surface area contributed by atoms with Gasteiger partial charge in [-0.3, -0.25) is 9.69 Å². The van der Waals surface area contributed by atoms with Gasteiger partial charge in [0.05, 0.1) is 16.8 Å². The number of nitrogens with one attached hydrogen (secondary N) is 1. The zero-order chi connectivity index (χ0) is 14.7. The van der Waals surface area contributed by atoms with Gasteiger partial charge in [0.2, 0.25) is 5.91 Å². The molecule has 0 bridgehead atoms. The minimum absolute atomic E-state index is 0.0151. The Morgan fingerprint density at radius 2 is 2.33 bits per heavy atom. The number of likely N-dealkylation sites (tertiary alicyclic amines) is 1. The number of nitrogens with zero attached hydrogens (tertiary/aromatic N) is 2. The maximum absolute atomic E-state index is 12.1. The molecule has 1 fully saturated rings. The third-order valence-electron chi connectivity index (χ3n) is 3.81. The summed E-state index contributed by atoms with van der Waals surface area (Å²) in [5.41, 5.74) is 0.919. The van der Waals surface area contributed by atoms with Crippen molar-refractivity contribution in [3.63, 3.8) is 0 Å². The third-order valence-corrected chi connectivity index (χ3v) is 4.77. The Morgan fingerprint density at radius 3 is 3.14 bits per heavy atom. The minimum atomic E-state index is -0.0151. The van der Waals surface area contributed by atoms with Crippen molar-refractivity contribution >= 4 is 32.6 Å². The predicted molar refractivity (Wildman–Crippen MR) is 84.5 cm³/mol. The van der Waals surface area contributed by atoms with Gasteiger partial charge in [0.15, 0.2) is 5.13 Å². The van der Waals surface area contributed by atoms with Crippen LogP contribution in [0.1, 0.15) is 12.8 Å². The molecule has 1 aliphatic heterocycles. The second-order valence-electron chi connectivity index (χ2n) is 5.44. The van der Waals surface area contributed by atoms with E-state index in [2.05, 4.69) is 15.2 Å². The van der Waals surface area contributed by atoms with Crippen LogP contribution in [0.2, 0.25) is 0 Å². The van der Waals surface area contributed by atoms with E-state index in [1.165, 1.54) is 11.3 Å². The second-order valence-corrected chi connectivity index (χ2v) is 6.47. The van der Waals surface area contributed by atoms with E-state index in [0.717, 1.165) is 36.1 Å². The maximum Gasteiger partial charge on any atom is 0.240 e. The van der Waals surface area contributed by atoms with Crippen molar-refractivity contribution in [1.29, 1.82) is 0 Å². The molecular weight excluding hydrogens is 286 g/mol. The Bertz CT molecular complexity index is 595. The molecule has 3 rings (SSSR count). The SMILES string of the molecule is O=C(CN1CCC(CCO)C1)Nc1nc2ccccc2s1. The lowest BCUT2D eigenvalue weighted by Gasteiger charge is -2.14. The topological polar surface area (TPSA) is 65.5 Å². The Kier molecular flexibility index (Phi) is 4.48. The van der Waals surface area contributed by atoms with Gasteiger partial charge in [0.1, 0.15) is 0 Å². The van der Waals surface area contributed by atoms with Gasteiger partial charge in [-0.1, -0.05) is 23.5 Å². The van der Waals surface area contributed by atoms with Gasteiger partial charge in [-0.15, -0.1) is 0 Å². The van der Waals surface area contributed by atoms with Gasteiger partial charge < -0.3 is 10.4 Å². The summed E-state index contributed by atoms with van der Waals surface area (Å²) in [6.45, 7) is 2.46. The number of para-hydroxylation sites is 1. The van der Waals surface area contributed by atoms with Crippen molar-refractivity contribution in [1.82, 2.24) is 9.88 Å². The first-order valence-electron chi connectivity index (χ1n) is 7.23. The monoisotopic (exact) mass is 305 g/mol. The number of amides is 1. The van der Waals surface area contributed by atoms with E-state index in [4.69, 9.17) is 5.11 Å². The first-order valence-corrected chi connectivity index (χ1v) is 8.05. The first-order chi connectivity index (χ1) is 10.2. The summed E-state index contributed by atoms with van der Waals surface area (Å²) in [5.74, 6) is 0.504. The molecule has 1 amide bonds. The lowest BCUT2D eigenvalue weighted by Crippen LogP contribution is -2.31.